The topological polar surface area (TPSA) is 94.0 Å². The van der Waals surface area contributed by atoms with Crippen LogP contribution in [0, 0.1) is 5.41 Å². The number of carbonyl (C=O) groups is 1. The predicted molar refractivity (Wildman–Crippen MR) is 139 cm³/mol. The molecule has 2 aliphatic heterocycles. The molecule has 1 aromatic carbocycles. The second kappa shape index (κ2) is 9.68. The number of pyridine rings is 1. The smallest absolute Gasteiger partial charge is 0.435 e. The molecule has 5 heterocycles. The number of hydrogen-bond donors (Lipinski definition) is 1. The molecular weight excluding hydrogens is 523 g/mol. The number of nitrogens with one attached hydrogen (secondary N) is 1. The van der Waals surface area contributed by atoms with Gasteiger partial charge in [0, 0.05) is 61.6 Å². The van der Waals surface area contributed by atoms with Gasteiger partial charge >= 0.3 is 6.18 Å². The second-order valence-corrected chi connectivity index (χ2v) is 10.2. The van der Waals surface area contributed by atoms with Gasteiger partial charge in [0.15, 0.2) is 5.69 Å². The lowest BCUT2D eigenvalue weighted by molar-refractivity contribution is -0.140. The lowest BCUT2D eigenvalue weighted by atomic mass is 9.88. The molecule has 0 fully saturated rings. The average Bonchev–Trinajstić information content (AvgIpc) is 3.62. The lowest BCUT2D eigenvalue weighted by Gasteiger charge is -2.30. The van der Waals surface area contributed by atoms with E-state index in [1.807, 2.05) is 10.8 Å². The first-order valence-corrected chi connectivity index (χ1v) is 13.0. The van der Waals surface area contributed by atoms with Crippen molar-refractivity contribution in [3.8, 4) is 16.9 Å². The summed E-state index contributed by atoms with van der Waals surface area (Å²) >= 11 is 0. The molecule has 9 nitrogen and oxygen atoms in total. The molecule has 3 aromatic heterocycles. The Morgan fingerprint density at radius 2 is 1.85 bits per heavy atom. The summed E-state index contributed by atoms with van der Waals surface area (Å²) in [5.74, 6) is 0.347. The number of hydrogen-bond acceptors (Lipinski definition) is 5. The maximum absolute atomic E-state index is 14.0. The number of ether oxygens (including phenoxy) is 1. The Morgan fingerprint density at radius 1 is 1.05 bits per heavy atom. The van der Waals surface area contributed by atoms with E-state index in [1.54, 1.807) is 47.0 Å². The Labute approximate surface area is 227 Å². The van der Waals surface area contributed by atoms with Crippen molar-refractivity contribution in [2.24, 2.45) is 7.05 Å². The third-order valence-corrected chi connectivity index (χ3v) is 7.57. The summed E-state index contributed by atoms with van der Waals surface area (Å²) in [6.07, 6.45) is 2.47. The van der Waals surface area contributed by atoms with E-state index >= 15 is 0 Å². The normalized spacial score (nSPS) is 14.9. The minimum absolute atomic E-state index is 0.0562. The first-order valence-electron chi connectivity index (χ1n) is 13.0. The number of aryl methyl sites for hydroxylation is 2. The Kier molecular flexibility index (Phi) is 6.27. The fourth-order valence-electron chi connectivity index (χ4n) is 5.74. The number of carbonyl (C=O) groups excluding carboxylic acids is 1. The van der Waals surface area contributed by atoms with Crippen molar-refractivity contribution in [3.05, 3.63) is 82.2 Å². The zero-order valence-corrected chi connectivity index (χ0v) is 22.1. The number of halogens is 3. The van der Waals surface area contributed by atoms with Crippen LogP contribution in [-0.2, 0) is 45.7 Å². The summed E-state index contributed by atoms with van der Waals surface area (Å²) in [4.78, 5) is 19.8. The summed E-state index contributed by atoms with van der Waals surface area (Å²) in [5.41, 5.74) is 2.92. The molecule has 0 atom stereocenters. The molecule has 6 rings (SSSR count). The van der Waals surface area contributed by atoms with Crippen LogP contribution in [0.1, 0.15) is 45.0 Å². The SMILES string of the molecule is COc1ccnc(CN2CCc3c(cc(Cn4cc5n(c4=N)CCC5)cc3-c3cn(C)nc3C(F)(F)F)C2=O)c1. The number of aromatic nitrogens is 5. The lowest BCUT2D eigenvalue weighted by Crippen LogP contribution is -2.37. The van der Waals surface area contributed by atoms with Gasteiger partial charge < -0.3 is 18.8 Å². The summed E-state index contributed by atoms with van der Waals surface area (Å²) < 4.78 is 52.2. The first kappa shape index (κ1) is 25.9. The molecule has 4 aromatic rings. The van der Waals surface area contributed by atoms with Gasteiger partial charge in [0.2, 0.25) is 5.62 Å². The highest BCUT2D eigenvalue weighted by atomic mass is 19.4. The largest absolute Gasteiger partial charge is 0.497 e. The molecule has 2 aliphatic rings. The van der Waals surface area contributed by atoms with Gasteiger partial charge in [-0.15, -0.1) is 0 Å². The van der Waals surface area contributed by atoms with Gasteiger partial charge in [-0.05, 0) is 54.2 Å². The zero-order valence-electron chi connectivity index (χ0n) is 22.1. The van der Waals surface area contributed by atoms with Crippen LogP contribution in [-0.4, -0.2) is 48.4 Å². The molecule has 1 N–H and O–H groups in total. The minimum atomic E-state index is -4.66. The maximum Gasteiger partial charge on any atom is 0.435 e. The number of fused-ring (bicyclic) bond motifs is 2. The number of rotatable bonds is 6. The van der Waals surface area contributed by atoms with Gasteiger partial charge in [0.25, 0.3) is 5.91 Å². The van der Waals surface area contributed by atoms with Gasteiger partial charge in [-0.25, -0.2) is 0 Å². The van der Waals surface area contributed by atoms with Crippen LogP contribution >= 0.6 is 0 Å². The Bertz CT molecular complexity index is 1680. The van der Waals surface area contributed by atoms with Crippen LogP contribution in [0.2, 0.25) is 0 Å². The number of nitrogens with zero attached hydrogens (tertiary/aromatic N) is 6. The third kappa shape index (κ3) is 4.56. The van der Waals surface area contributed by atoms with E-state index in [0.29, 0.717) is 52.3 Å². The van der Waals surface area contributed by atoms with E-state index in [0.717, 1.165) is 29.8 Å². The molecule has 0 saturated heterocycles. The van der Waals surface area contributed by atoms with Crippen molar-refractivity contribution in [2.75, 3.05) is 13.7 Å². The van der Waals surface area contributed by atoms with Crippen LogP contribution < -0.4 is 10.4 Å². The molecule has 1 amide bonds. The molecule has 0 bridgehead atoms. The Morgan fingerprint density at radius 3 is 2.60 bits per heavy atom. The number of benzene rings is 1. The minimum Gasteiger partial charge on any atom is -0.497 e. The molecular formula is C28H28F3N7O2. The van der Waals surface area contributed by atoms with Crippen molar-refractivity contribution >= 4 is 5.91 Å². The summed E-state index contributed by atoms with van der Waals surface area (Å²) in [7, 11) is 3.01. The first-order chi connectivity index (χ1) is 19.1. The van der Waals surface area contributed by atoms with Crippen LogP contribution in [0.3, 0.4) is 0 Å². The molecule has 12 heteroatoms. The fourth-order valence-corrected chi connectivity index (χ4v) is 5.74. The highest BCUT2D eigenvalue weighted by molar-refractivity contribution is 5.99. The van der Waals surface area contributed by atoms with Crippen molar-refractivity contribution in [3.63, 3.8) is 0 Å². The van der Waals surface area contributed by atoms with Gasteiger partial charge in [-0.2, -0.15) is 18.3 Å². The van der Waals surface area contributed by atoms with Crippen molar-refractivity contribution in [2.45, 2.75) is 45.1 Å². The Hall–Kier alpha value is -4.35. The highest BCUT2D eigenvalue weighted by Gasteiger charge is 2.39. The van der Waals surface area contributed by atoms with Crippen molar-refractivity contribution in [1.29, 1.82) is 5.41 Å². The second-order valence-electron chi connectivity index (χ2n) is 10.2. The molecule has 0 saturated carbocycles. The van der Waals surface area contributed by atoms with Crippen LogP contribution in [0.5, 0.6) is 5.75 Å². The standard InChI is InChI=1S/C28H28F3N7O2/c1-35-16-24(25(34-35)28(29,30)31)22-10-17(13-37-15-19-4-3-8-38(19)27(37)32)11-23-21(22)6-9-36(26(23)39)14-18-12-20(40-2)5-7-33-18/h5,7,10-12,15-16,32H,3-4,6,8-9,13-14H2,1-2H3. The number of alkyl halides is 3. The van der Waals surface area contributed by atoms with E-state index in [4.69, 9.17) is 10.1 Å². The van der Waals surface area contributed by atoms with Gasteiger partial charge in [-0.3, -0.25) is 19.9 Å². The van der Waals surface area contributed by atoms with E-state index in [9.17, 15) is 18.0 Å². The molecule has 0 spiro atoms. The molecule has 40 heavy (non-hydrogen) atoms. The maximum atomic E-state index is 14.0. The molecule has 0 radical (unpaired) electrons. The molecule has 208 valence electrons. The summed E-state index contributed by atoms with van der Waals surface area (Å²) in [6, 6.07) is 6.95. The van der Waals surface area contributed by atoms with Crippen LogP contribution in [0.15, 0.2) is 42.9 Å². The predicted octanol–water partition coefficient (Wildman–Crippen LogP) is 3.78. The highest BCUT2D eigenvalue weighted by Crippen LogP contribution is 2.40. The van der Waals surface area contributed by atoms with E-state index < -0.39 is 11.9 Å². The molecule has 0 unspecified atom stereocenters. The van der Waals surface area contributed by atoms with Gasteiger partial charge in [0.05, 0.1) is 25.9 Å². The third-order valence-electron chi connectivity index (χ3n) is 7.57. The van der Waals surface area contributed by atoms with Gasteiger partial charge in [-0.1, -0.05) is 0 Å². The Balaban J connectivity index is 1.44. The van der Waals surface area contributed by atoms with E-state index in [2.05, 4.69) is 10.1 Å². The zero-order chi connectivity index (χ0) is 28.2. The van der Waals surface area contributed by atoms with Crippen LogP contribution in [0.25, 0.3) is 11.1 Å². The van der Waals surface area contributed by atoms with Crippen molar-refractivity contribution in [1.82, 2.24) is 28.8 Å². The molecule has 0 aliphatic carbocycles. The summed E-state index contributed by atoms with van der Waals surface area (Å²) in [5, 5.41) is 12.3. The van der Waals surface area contributed by atoms with Gasteiger partial charge in [0.1, 0.15) is 5.75 Å². The van der Waals surface area contributed by atoms with Crippen molar-refractivity contribution < 1.29 is 22.7 Å². The monoisotopic (exact) mass is 551 g/mol. The number of methoxy groups -OCH3 is 1. The summed E-state index contributed by atoms with van der Waals surface area (Å²) in [6.45, 7) is 1.60. The van der Waals surface area contributed by atoms with E-state index in [-0.39, 0.29) is 24.6 Å². The number of amides is 1. The van der Waals surface area contributed by atoms with E-state index in [1.165, 1.54) is 13.2 Å². The number of imidazole rings is 1. The fraction of sp³-hybridized carbons (Fsp3) is 0.357. The quantitative estimate of drug-likeness (QED) is 0.395. The van der Waals surface area contributed by atoms with Crippen LogP contribution in [0.4, 0.5) is 13.2 Å². The average molecular weight is 552 g/mol.